The Morgan fingerprint density at radius 1 is 1.57 bits per heavy atom. The minimum absolute atomic E-state index is 0.343. The number of nitrogens with zero attached hydrogens (tertiary/aromatic N) is 1. The van der Waals surface area contributed by atoms with Crippen molar-refractivity contribution in [3.63, 3.8) is 0 Å². The van der Waals surface area contributed by atoms with Gasteiger partial charge >= 0.3 is 0 Å². The minimum Gasteiger partial charge on any atom is -0.448 e. The molecule has 0 amide bonds. The first-order valence-electron chi connectivity index (χ1n) is 5.12. The molecule has 0 radical (unpaired) electrons. The quantitative estimate of drug-likeness (QED) is 0.785. The van der Waals surface area contributed by atoms with Crippen molar-refractivity contribution in [3.8, 4) is 0 Å². The van der Waals surface area contributed by atoms with Crippen LogP contribution >= 0.6 is 0 Å². The van der Waals surface area contributed by atoms with E-state index in [-0.39, 0.29) is 0 Å². The van der Waals surface area contributed by atoms with E-state index in [1.54, 1.807) is 6.26 Å². The molecule has 1 aromatic rings. The van der Waals surface area contributed by atoms with Gasteiger partial charge in [-0.3, -0.25) is 0 Å². The molecule has 1 fully saturated rings. The maximum atomic E-state index is 5.44. The number of nitrogens with two attached hydrogens (primary N) is 1. The molecule has 0 saturated carbocycles. The number of hydrogen-bond acceptors (Lipinski definition) is 4. The molecule has 1 aromatic heterocycles. The van der Waals surface area contributed by atoms with Crippen molar-refractivity contribution < 1.29 is 9.15 Å². The standard InChI is InChI=1S/C10H16N2O2/c11-4-3-9-7-14-10(12-9)8-2-1-5-13-6-8/h7-8H,1-6,11H2. The van der Waals surface area contributed by atoms with E-state index in [1.165, 1.54) is 0 Å². The van der Waals surface area contributed by atoms with Crippen molar-refractivity contribution in [2.24, 2.45) is 5.73 Å². The topological polar surface area (TPSA) is 61.3 Å². The molecule has 4 heteroatoms. The Labute approximate surface area is 83.4 Å². The van der Waals surface area contributed by atoms with Gasteiger partial charge in [0.2, 0.25) is 0 Å². The Morgan fingerprint density at radius 3 is 3.21 bits per heavy atom. The van der Waals surface area contributed by atoms with Crippen LogP contribution < -0.4 is 5.73 Å². The summed E-state index contributed by atoms with van der Waals surface area (Å²) in [6.07, 6.45) is 4.70. The Morgan fingerprint density at radius 2 is 2.50 bits per heavy atom. The molecular weight excluding hydrogens is 180 g/mol. The molecule has 1 saturated heterocycles. The second kappa shape index (κ2) is 4.57. The summed E-state index contributed by atoms with van der Waals surface area (Å²) in [7, 11) is 0. The van der Waals surface area contributed by atoms with Crippen LogP contribution in [0, 0.1) is 0 Å². The van der Waals surface area contributed by atoms with Crippen LogP contribution in [0.15, 0.2) is 10.7 Å². The summed E-state index contributed by atoms with van der Waals surface area (Å²) in [6.45, 7) is 2.22. The van der Waals surface area contributed by atoms with Gasteiger partial charge < -0.3 is 14.9 Å². The summed E-state index contributed by atoms with van der Waals surface area (Å²) >= 11 is 0. The van der Waals surface area contributed by atoms with Gasteiger partial charge in [-0.25, -0.2) is 4.98 Å². The lowest BCUT2D eigenvalue weighted by Crippen LogP contribution is -2.15. The third kappa shape index (κ3) is 2.13. The minimum atomic E-state index is 0.343. The Hall–Kier alpha value is -0.870. The van der Waals surface area contributed by atoms with Gasteiger partial charge in [0.15, 0.2) is 5.89 Å². The first-order valence-corrected chi connectivity index (χ1v) is 5.12. The van der Waals surface area contributed by atoms with Crippen LogP contribution in [0.25, 0.3) is 0 Å². The van der Waals surface area contributed by atoms with E-state index in [0.717, 1.165) is 44.1 Å². The highest BCUT2D eigenvalue weighted by atomic mass is 16.5. The Kier molecular flexibility index (Phi) is 3.16. The molecule has 1 atom stereocenters. The Balaban J connectivity index is 2.00. The average Bonchev–Trinajstić information content (AvgIpc) is 2.68. The van der Waals surface area contributed by atoms with Gasteiger partial charge in [-0.1, -0.05) is 0 Å². The molecule has 0 bridgehead atoms. The van der Waals surface area contributed by atoms with Crippen molar-refractivity contribution in [2.45, 2.75) is 25.2 Å². The van der Waals surface area contributed by atoms with Crippen molar-refractivity contribution >= 4 is 0 Å². The van der Waals surface area contributed by atoms with Gasteiger partial charge in [0.1, 0.15) is 6.26 Å². The van der Waals surface area contributed by atoms with Crippen molar-refractivity contribution in [1.29, 1.82) is 0 Å². The fourth-order valence-electron chi connectivity index (χ4n) is 1.71. The summed E-state index contributed by atoms with van der Waals surface area (Å²) in [4.78, 5) is 4.40. The second-order valence-corrected chi connectivity index (χ2v) is 3.63. The molecule has 1 unspecified atom stereocenters. The van der Waals surface area contributed by atoms with E-state index in [1.807, 2.05) is 0 Å². The zero-order valence-electron chi connectivity index (χ0n) is 8.24. The van der Waals surface area contributed by atoms with Crippen molar-refractivity contribution in [3.05, 3.63) is 17.8 Å². The fraction of sp³-hybridized carbons (Fsp3) is 0.700. The largest absolute Gasteiger partial charge is 0.448 e. The predicted molar refractivity (Wildman–Crippen MR) is 52.1 cm³/mol. The van der Waals surface area contributed by atoms with Crippen LogP contribution in [0.3, 0.4) is 0 Å². The predicted octanol–water partition coefficient (Wildman–Crippen LogP) is 1.07. The first kappa shape index (κ1) is 9.68. The van der Waals surface area contributed by atoms with E-state index in [9.17, 15) is 0 Å². The second-order valence-electron chi connectivity index (χ2n) is 3.63. The molecule has 78 valence electrons. The lowest BCUT2D eigenvalue weighted by Gasteiger charge is -2.18. The number of aromatic nitrogens is 1. The van der Waals surface area contributed by atoms with E-state index in [4.69, 9.17) is 14.9 Å². The molecule has 0 spiro atoms. The highest BCUT2D eigenvalue weighted by Crippen LogP contribution is 2.24. The van der Waals surface area contributed by atoms with Crippen LogP contribution in [-0.4, -0.2) is 24.7 Å². The summed E-state index contributed by atoms with van der Waals surface area (Å²) < 4.78 is 10.8. The van der Waals surface area contributed by atoms with Gasteiger partial charge in [-0.15, -0.1) is 0 Å². The molecule has 0 aromatic carbocycles. The molecule has 2 N–H and O–H groups in total. The third-order valence-corrected chi connectivity index (χ3v) is 2.48. The average molecular weight is 196 g/mol. The summed E-state index contributed by atoms with van der Waals surface area (Å²) in [5, 5.41) is 0. The number of ether oxygens (including phenoxy) is 1. The summed E-state index contributed by atoms with van der Waals surface area (Å²) in [6, 6.07) is 0. The molecule has 1 aliphatic heterocycles. The normalized spacial score (nSPS) is 22.5. The molecule has 14 heavy (non-hydrogen) atoms. The van der Waals surface area contributed by atoms with Gasteiger partial charge in [0.25, 0.3) is 0 Å². The Bertz CT molecular complexity index is 279. The van der Waals surface area contributed by atoms with Gasteiger partial charge in [0, 0.05) is 13.0 Å². The third-order valence-electron chi connectivity index (χ3n) is 2.48. The maximum Gasteiger partial charge on any atom is 0.199 e. The van der Waals surface area contributed by atoms with Gasteiger partial charge in [-0.2, -0.15) is 0 Å². The maximum absolute atomic E-state index is 5.44. The fourth-order valence-corrected chi connectivity index (χ4v) is 1.71. The zero-order chi connectivity index (χ0) is 9.80. The smallest absolute Gasteiger partial charge is 0.199 e. The summed E-state index contributed by atoms with van der Waals surface area (Å²) in [5.41, 5.74) is 6.39. The monoisotopic (exact) mass is 196 g/mol. The molecule has 2 rings (SSSR count). The molecule has 1 aliphatic rings. The van der Waals surface area contributed by atoms with E-state index >= 15 is 0 Å². The lowest BCUT2D eigenvalue weighted by molar-refractivity contribution is 0.0725. The first-order chi connectivity index (χ1) is 6.90. The SMILES string of the molecule is NCCc1coc(C2CCCOC2)n1. The highest BCUT2D eigenvalue weighted by molar-refractivity contribution is 5.02. The number of rotatable bonds is 3. The van der Waals surface area contributed by atoms with Crippen molar-refractivity contribution in [2.75, 3.05) is 19.8 Å². The van der Waals surface area contributed by atoms with Crippen LogP contribution in [0.1, 0.15) is 30.3 Å². The number of hydrogen-bond donors (Lipinski definition) is 1. The van der Waals surface area contributed by atoms with E-state index in [2.05, 4.69) is 4.98 Å². The zero-order valence-corrected chi connectivity index (χ0v) is 8.24. The number of oxazole rings is 1. The molecule has 0 aliphatic carbocycles. The van der Waals surface area contributed by atoms with Crippen LogP contribution in [0.5, 0.6) is 0 Å². The van der Waals surface area contributed by atoms with Crippen molar-refractivity contribution in [1.82, 2.24) is 4.98 Å². The lowest BCUT2D eigenvalue weighted by atomic mass is 10.0. The molecule has 2 heterocycles. The van der Waals surface area contributed by atoms with Gasteiger partial charge in [0.05, 0.1) is 18.2 Å². The van der Waals surface area contributed by atoms with E-state index < -0.39 is 0 Å². The van der Waals surface area contributed by atoms with Crippen LogP contribution in [0.4, 0.5) is 0 Å². The summed E-state index contributed by atoms with van der Waals surface area (Å²) in [5.74, 6) is 1.16. The van der Waals surface area contributed by atoms with Gasteiger partial charge in [-0.05, 0) is 19.4 Å². The molecular formula is C10H16N2O2. The molecule has 4 nitrogen and oxygen atoms in total. The van der Waals surface area contributed by atoms with E-state index in [0.29, 0.717) is 12.5 Å². The highest BCUT2D eigenvalue weighted by Gasteiger charge is 2.20. The van der Waals surface area contributed by atoms with Crippen LogP contribution in [0.2, 0.25) is 0 Å². The van der Waals surface area contributed by atoms with Crippen LogP contribution in [-0.2, 0) is 11.2 Å².